The van der Waals surface area contributed by atoms with Gasteiger partial charge in [0.1, 0.15) is 5.75 Å². The molecular formula is C18H27N3O3. The Bertz CT molecular complexity index is 549. The highest BCUT2D eigenvalue weighted by atomic mass is 16.5. The van der Waals surface area contributed by atoms with Gasteiger partial charge in [0.25, 0.3) is 0 Å². The number of carbonyl (C=O) groups excluding carboxylic acids is 2. The summed E-state index contributed by atoms with van der Waals surface area (Å²) in [6.07, 6.45) is 1.21. The van der Waals surface area contributed by atoms with Crippen molar-refractivity contribution in [1.82, 2.24) is 15.1 Å². The van der Waals surface area contributed by atoms with Crippen LogP contribution in [0.15, 0.2) is 24.3 Å². The first kappa shape index (κ1) is 18.1. The normalized spacial score (nSPS) is 14.7. The van der Waals surface area contributed by atoms with E-state index in [1.165, 1.54) is 0 Å². The molecule has 0 aliphatic carbocycles. The molecule has 1 aliphatic heterocycles. The molecule has 0 bridgehead atoms. The lowest BCUT2D eigenvalue weighted by atomic mass is 10.1. The highest BCUT2D eigenvalue weighted by Gasteiger charge is 2.24. The number of urea groups is 1. The summed E-state index contributed by atoms with van der Waals surface area (Å²) in [5.74, 6) is 0.968. The largest absolute Gasteiger partial charge is 0.497 e. The number of amides is 3. The number of ether oxygens (including phenoxy) is 1. The van der Waals surface area contributed by atoms with Crippen molar-refractivity contribution in [3.8, 4) is 5.75 Å². The van der Waals surface area contributed by atoms with E-state index in [1.807, 2.05) is 43.0 Å². The topological polar surface area (TPSA) is 61.9 Å². The SMILES string of the molecule is COc1ccc(CCC(=O)N2CCN(C(=O)NC(C)C)CC2)cc1. The van der Waals surface area contributed by atoms with Crippen LogP contribution < -0.4 is 10.1 Å². The van der Waals surface area contributed by atoms with Gasteiger partial charge in [-0.15, -0.1) is 0 Å². The first-order valence-electron chi connectivity index (χ1n) is 8.45. The Kier molecular flexibility index (Phi) is 6.46. The van der Waals surface area contributed by atoms with Crippen LogP contribution >= 0.6 is 0 Å². The summed E-state index contributed by atoms with van der Waals surface area (Å²) in [6, 6.07) is 7.87. The van der Waals surface area contributed by atoms with E-state index in [0.29, 0.717) is 32.6 Å². The molecule has 132 valence electrons. The van der Waals surface area contributed by atoms with Crippen LogP contribution in [0, 0.1) is 0 Å². The van der Waals surface area contributed by atoms with Crippen LogP contribution in [0.2, 0.25) is 0 Å². The summed E-state index contributed by atoms with van der Waals surface area (Å²) in [4.78, 5) is 27.9. The Morgan fingerprint density at radius 3 is 2.21 bits per heavy atom. The molecule has 3 amide bonds. The van der Waals surface area contributed by atoms with Crippen molar-refractivity contribution in [2.45, 2.75) is 32.7 Å². The third-order valence-electron chi connectivity index (χ3n) is 4.12. The van der Waals surface area contributed by atoms with Crippen molar-refractivity contribution in [3.05, 3.63) is 29.8 Å². The Morgan fingerprint density at radius 2 is 1.67 bits per heavy atom. The maximum Gasteiger partial charge on any atom is 0.317 e. The monoisotopic (exact) mass is 333 g/mol. The quantitative estimate of drug-likeness (QED) is 0.895. The molecule has 1 N–H and O–H groups in total. The zero-order chi connectivity index (χ0) is 17.5. The molecule has 0 radical (unpaired) electrons. The van der Waals surface area contributed by atoms with Gasteiger partial charge in [-0.2, -0.15) is 0 Å². The predicted octanol–water partition coefficient (Wildman–Crippen LogP) is 1.89. The summed E-state index contributed by atoms with van der Waals surface area (Å²) in [6.45, 7) is 6.27. The summed E-state index contributed by atoms with van der Waals surface area (Å²) >= 11 is 0. The molecule has 0 aromatic heterocycles. The van der Waals surface area contributed by atoms with Crippen molar-refractivity contribution < 1.29 is 14.3 Å². The average Bonchev–Trinajstić information content (AvgIpc) is 2.59. The lowest BCUT2D eigenvalue weighted by Crippen LogP contribution is -2.54. The number of carbonyl (C=O) groups is 2. The summed E-state index contributed by atoms with van der Waals surface area (Å²) in [5, 5.41) is 2.89. The molecule has 24 heavy (non-hydrogen) atoms. The van der Waals surface area contributed by atoms with E-state index >= 15 is 0 Å². The fourth-order valence-electron chi connectivity index (χ4n) is 2.70. The van der Waals surface area contributed by atoms with E-state index in [1.54, 1.807) is 12.0 Å². The second-order valence-corrected chi connectivity index (χ2v) is 6.32. The van der Waals surface area contributed by atoms with Crippen molar-refractivity contribution in [1.29, 1.82) is 0 Å². The molecule has 1 heterocycles. The molecule has 6 nitrogen and oxygen atoms in total. The maximum atomic E-state index is 12.3. The summed E-state index contributed by atoms with van der Waals surface area (Å²) < 4.78 is 5.13. The van der Waals surface area contributed by atoms with Gasteiger partial charge in [-0.1, -0.05) is 12.1 Å². The lowest BCUT2D eigenvalue weighted by Gasteiger charge is -2.35. The fraction of sp³-hybridized carbons (Fsp3) is 0.556. The van der Waals surface area contributed by atoms with Crippen molar-refractivity contribution in [3.63, 3.8) is 0 Å². The molecule has 6 heteroatoms. The minimum Gasteiger partial charge on any atom is -0.497 e. The Hall–Kier alpha value is -2.24. The number of hydrogen-bond acceptors (Lipinski definition) is 3. The van der Waals surface area contributed by atoms with Gasteiger partial charge in [-0.3, -0.25) is 4.79 Å². The van der Waals surface area contributed by atoms with Crippen LogP contribution in [0.3, 0.4) is 0 Å². The lowest BCUT2D eigenvalue weighted by molar-refractivity contribution is -0.132. The van der Waals surface area contributed by atoms with Crippen LogP contribution in [0.4, 0.5) is 4.79 Å². The third-order valence-corrected chi connectivity index (χ3v) is 4.12. The number of hydrogen-bond donors (Lipinski definition) is 1. The highest BCUT2D eigenvalue weighted by Crippen LogP contribution is 2.13. The molecule has 0 saturated carbocycles. The van der Waals surface area contributed by atoms with Crippen LogP contribution in [0.1, 0.15) is 25.8 Å². The molecule has 0 spiro atoms. The van der Waals surface area contributed by atoms with Gasteiger partial charge >= 0.3 is 6.03 Å². The first-order chi connectivity index (χ1) is 11.5. The standard InChI is InChI=1S/C18H27N3O3/c1-14(2)19-18(23)21-12-10-20(11-13-21)17(22)9-6-15-4-7-16(24-3)8-5-15/h4-5,7-8,14H,6,9-13H2,1-3H3,(H,19,23). The molecule has 0 unspecified atom stereocenters. The van der Waals surface area contributed by atoms with Crippen LogP contribution in [0.25, 0.3) is 0 Å². The number of nitrogens with one attached hydrogen (secondary N) is 1. The zero-order valence-electron chi connectivity index (χ0n) is 14.7. The fourth-order valence-corrected chi connectivity index (χ4v) is 2.70. The van der Waals surface area contributed by atoms with Gasteiger partial charge in [0.2, 0.25) is 5.91 Å². The van der Waals surface area contributed by atoms with Crippen molar-refractivity contribution >= 4 is 11.9 Å². The van der Waals surface area contributed by atoms with Gasteiger partial charge in [-0.05, 0) is 38.0 Å². The van der Waals surface area contributed by atoms with Gasteiger partial charge in [-0.25, -0.2) is 4.79 Å². The summed E-state index contributed by atoms with van der Waals surface area (Å²) in [5.41, 5.74) is 1.12. The predicted molar refractivity (Wildman–Crippen MR) is 93.1 cm³/mol. The zero-order valence-corrected chi connectivity index (χ0v) is 14.7. The van der Waals surface area contributed by atoms with Crippen LogP contribution in [-0.4, -0.2) is 61.1 Å². The van der Waals surface area contributed by atoms with E-state index in [-0.39, 0.29) is 18.0 Å². The molecule has 1 saturated heterocycles. The average molecular weight is 333 g/mol. The van der Waals surface area contributed by atoms with Crippen molar-refractivity contribution in [2.24, 2.45) is 0 Å². The molecular weight excluding hydrogens is 306 g/mol. The highest BCUT2D eigenvalue weighted by molar-refractivity contribution is 5.78. The van der Waals surface area contributed by atoms with Crippen LogP contribution in [0.5, 0.6) is 5.75 Å². The van der Waals surface area contributed by atoms with Gasteiger partial charge in [0.15, 0.2) is 0 Å². The number of nitrogens with zero attached hydrogens (tertiary/aromatic N) is 2. The van der Waals surface area contributed by atoms with Crippen molar-refractivity contribution in [2.75, 3.05) is 33.3 Å². The first-order valence-corrected chi connectivity index (χ1v) is 8.45. The van der Waals surface area contributed by atoms with E-state index in [4.69, 9.17) is 4.74 Å². The van der Waals surface area contributed by atoms with E-state index in [9.17, 15) is 9.59 Å². The Morgan fingerprint density at radius 1 is 1.08 bits per heavy atom. The second kappa shape index (κ2) is 8.57. The molecule has 2 rings (SSSR count). The smallest absolute Gasteiger partial charge is 0.317 e. The Labute approximate surface area is 143 Å². The number of rotatable bonds is 5. The minimum atomic E-state index is -0.0460. The van der Waals surface area contributed by atoms with E-state index in [2.05, 4.69) is 5.32 Å². The molecule has 0 atom stereocenters. The third kappa shape index (κ3) is 5.15. The molecule has 1 aromatic rings. The number of aryl methyl sites for hydroxylation is 1. The maximum absolute atomic E-state index is 12.3. The second-order valence-electron chi connectivity index (χ2n) is 6.32. The number of benzene rings is 1. The molecule has 1 fully saturated rings. The Balaban J connectivity index is 1.75. The summed E-state index contributed by atoms with van der Waals surface area (Å²) in [7, 11) is 1.64. The molecule has 1 aromatic carbocycles. The van der Waals surface area contributed by atoms with Gasteiger partial charge in [0.05, 0.1) is 7.11 Å². The minimum absolute atomic E-state index is 0.0460. The number of piperazine rings is 1. The van der Waals surface area contributed by atoms with Gasteiger partial charge < -0.3 is 19.9 Å². The van der Waals surface area contributed by atoms with E-state index in [0.717, 1.165) is 17.7 Å². The van der Waals surface area contributed by atoms with Crippen LogP contribution in [-0.2, 0) is 11.2 Å². The number of methoxy groups -OCH3 is 1. The van der Waals surface area contributed by atoms with Gasteiger partial charge in [0, 0.05) is 38.6 Å². The molecule has 1 aliphatic rings. The van der Waals surface area contributed by atoms with E-state index < -0.39 is 0 Å².